The van der Waals surface area contributed by atoms with E-state index in [1.807, 2.05) is 27.7 Å². The molecule has 1 rings (SSSR count). The molecule has 0 aromatic rings. The highest BCUT2D eigenvalue weighted by Crippen LogP contribution is 2.37. The lowest BCUT2D eigenvalue weighted by Gasteiger charge is -2.44. The first kappa shape index (κ1) is 36.9. The third-order valence-corrected chi connectivity index (χ3v) is 7.41. The van der Waals surface area contributed by atoms with Crippen LogP contribution >= 0.6 is 0 Å². The number of aliphatic hydroxyl groups is 3. The molecular formula is C29H64O6. The molecule has 35 heavy (non-hydrogen) atoms. The molecule has 1 unspecified atom stereocenters. The first-order valence-corrected chi connectivity index (χ1v) is 13.6. The minimum absolute atomic E-state index is 0. The zero-order valence-electron chi connectivity index (χ0n) is 23.8. The molecule has 1 saturated heterocycles. The number of hydrogen-bond acceptors (Lipinski definition) is 6. The molecular weight excluding hydrogens is 444 g/mol. The lowest BCUT2D eigenvalue weighted by atomic mass is 9.80. The number of hydrogen-bond donors (Lipinski definition) is 3. The lowest BCUT2D eigenvalue weighted by Crippen LogP contribution is -2.48. The van der Waals surface area contributed by atoms with E-state index in [1.165, 1.54) is 19.3 Å². The Morgan fingerprint density at radius 1 is 0.857 bits per heavy atom. The lowest BCUT2D eigenvalue weighted by molar-refractivity contribution is -0.275. The van der Waals surface area contributed by atoms with E-state index in [4.69, 9.17) is 19.3 Å². The van der Waals surface area contributed by atoms with E-state index in [1.54, 1.807) is 0 Å². The Bertz CT molecular complexity index is 482. The van der Waals surface area contributed by atoms with Gasteiger partial charge in [-0.25, -0.2) is 0 Å². The predicted octanol–water partition coefficient (Wildman–Crippen LogP) is 6.45. The van der Waals surface area contributed by atoms with Gasteiger partial charge in [0.15, 0.2) is 6.29 Å². The van der Waals surface area contributed by atoms with Gasteiger partial charge < -0.3 is 29.5 Å². The van der Waals surface area contributed by atoms with E-state index in [0.717, 1.165) is 45.3 Å². The van der Waals surface area contributed by atoms with Crippen molar-refractivity contribution in [1.82, 2.24) is 0 Å². The van der Waals surface area contributed by atoms with Gasteiger partial charge >= 0.3 is 0 Å². The topological polar surface area (TPSA) is 88.4 Å². The van der Waals surface area contributed by atoms with Crippen LogP contribution in [0.2, 0.25) is 0 Å². The summed E-state index contributed by atoms with van der Waals surface area (Å²) in [7, 11) is 0. The Kier molecular flexibility index (Phi) is 19.1. The molecule has 6 nitrogen and oxygen atoms in total. The first-order chi connectivity index (χ1) is 15.9. The fourth-order valence-corrected chi connectivity index (χ4v) is 3.93. The largest absolute Gasteiger partial charge is 0.396 e. The fourth-order valence-electron chi connectivity index (χ4n) is 3.93. The van der Waals surface area contributed by atoms with Crippen molar-refractivity contribution in [2.45, 2.75) is 120 Å². The van der Waals surface area contributed by atoms with Crippen LogP contribution in [0.5, 0.6) is 0 Å². The van der Waals surface area contributed by atoms with E-state index in [2.05, 4.69) is 27.7 Å². The molecule has 6 heteroatoms. The van der Waals surface area contributed by atoms with Crippen LogP contribution < -0.4 is 0 Å². The highest BCUT2D eigenvalue weighted by molar-refractivity contribution is 4.84. The van der Waals surface area contributed by atoms with Crippen molar-refractivity contribution in [3.05, 3.63) is 0 Å². The number of ether oxygens (including phenoxy) is 3. The van der Waals surface area contributed by atoms with Crippen LogP contribution in [-0.2, 0) is 14.2 Å². The molecule has 0 aromatic carbocycles. The smallest absolute Gasteiger partial charge is 0.164 e. The maximum atomic E-state index is 9.56. The van der Waals surface area contributed by atoms with Crippen LogP contribution in [-0.4, -0.2) is 67.9 Å². The average molecular weight is 509 g/mol. The molecule has 1 atom stereocenters. The molecule has 0 radical (unpaired) electrons. The second-order valence-electron chi connectivity index (χ2n) is 12.0. The van der Waals surface area contributed by atoms with Crippen molar-refractivity contribution in [2.75, 3.05) is 46.2 Å². The highest BCUT2D eigenvalue weighted by Gasteiger charge is 2.40. The van der Waals surface area contributed by atoms with Gasteiger partial charge in [-0.05, 0) is 25.7 Å². The van der Waals surface area contributed by atoms with E-state index >= 15 is 0 Å². The monoisotopic (exact) mass is 508 g/mol. The number of unbranched alkanes of at least 4 members (excludes halogenated alkanes) is 2. The van der Waals surface area contributed by atoms with E-state index in [0.29, 0.717) is 13.2 Å². The molecule has 0 aromatic heterocycles. The zero-order valence-corrected chi connectivity index (χ0v) is 23.8. The molecule has 1 fully saturated rings. The predicted molar refractivity (Wildman–Crippen MR) is 149 cm³/mol. The van der Waals surface area contributed by atoms with E-state index in [-0.39, 0.29) is 56.6 Å². The van der Waals surface area contributed by atoms with Gasteiger partial charge in [0.25, 0.3) is 0 Å². The van der Waals surface area contributed by atoms with Crippen LogP contribution in [0.15, 0.2) is 0 Å². The van der Waals surface area contributed by atoms with Crippen LogP contribution in [0.3, 0.4) is 0 Å². The summed E-state index contributed by atoms with van der Waals surface area (Å²) >= 11 is 0. The molecule has 1 aliphatic heterocycles. The molecule has 0 saturated carbocycles. The quantitative estimate of drug-likeness (QED) is 0.222. The number of rotatable bonds is 16. The van der Waals surface area contributed by atoms with Crippen LogP contribution in [0.25, 0.3) is 0 Å². The summed E-state index contributed by atoms with van der Waals surface area (Å²) in [6.45, 7) is 19.6. The second kappa shape index (κ2) is 18.1. The Labute approximate surface area is 219 Å². The van der Waals surface area contributed by atoms with Crippen LogP contribution in [0, 0.1) is 21.7 Å². The minimum Gasteiger partial charge on any atom is -0.396 e. The zero-order chi connectivity index (χ0) is 26.3. The van der Waals surface area contributed by atoms with Gasteiger partial charge in [0.05, 0.1) is 46.2 Å². The second-order valence-corrected chi connectivity index (χ2v) is 12.0. The maximum Gasteiger partial charge on any atom is 0.164 e. The average Bonchev–Trinajstić information content (AvgIpc) is 2.85. The standard InChI is InChI=1S/C14H28O3.C14H30O3.CH4.H2/c1-5-7-8-14(6-2)10-16-12(17-11-14)13(3,4)9-15;1-5-7-8-14(6-2,10-16)12-17-11-13(3,4)9-15;;/h12,15H,5-11H2,1-4H3;15-16H,5-12H2,1-4H3;1H4;1H. The summed E-state index contributed by atoms with van der Waals surface area (Å²) in [5, 5.41) is 28.0. The first-order valence-electron chi connectivity index (χ1n) is 13.6. The van der Waals surface area contributed by atoms with Gasteiger partial charge in [-0.3, -0.25) is 0 Å². The molecule has 0 aliphatic carbocycles. The summed E-state index contributed by atoms with van der Waals surface area (Å²) in [4.78, 5) is 0. The van der Waals surface area contributed by atoms with Crippen LogP contribution in [0.1, 0.15) is 116 Å². The molecule has 216 valence electrons. The van der Waals surface area contributed by atoms with Crippen molar-refractivity contribution in [1.29, 1.82) is 0 Å². The molecule has 1 aliphatic rings. The van der Waals surface area contributed by atoms with Gasteiger partial charge in [-0.15, -0.1) is 0 Å². The Morgan fingerprint density at radius 3 is 1.83 bits per heavy atom. The minimum atomic E-state index is -0.315. The Morgan fingerprint density at radius 2 is 1.43 bits per heavy atom. The summed E-state index contributed by atoms with van der Waals surface area (Å²) < 4.78 is 17.4. The third-order valence-electron chi connectivity index (χ3n) is 7.41. The van der Waals surface area contributed by atoms with Gasteiger partial charge in [0.2, 0.25) is 0 Å². The Balaban J connectivity index is -0.000000573. The van der Waals surface area contributed by atoms with E-state index in [9.17, 15) is 10.2 Å². The van der Waals surface area contributed by atoms with Crippen molar-refractivity contribution < 1.29 is 31.0 Å². The normalized spacial score (nSPS) is 22.5. The fraction of sp³-hybridized carbons (Fsp3) is 1.00. The van der Waals surface area contributed by atoms with Crippen molar-refractivity contribution in [3.8, 4) is 0 Å². The van der Waals surface area contributed by atoms with Crippen LogP contribution in [0.4, 0.5) is 0 Å². The van der Waals surface area contributed by atoms with Gasteiger partial charge in [0, 0.05) is 23.1 Å². The van der Waals surface area contributed by atoms with Gasteiger partial charge in [-0.2, -0.15) is 0 Å². The van der Waals surface area contributed by atoms with Crippen molar-refractivity contribution >= 4 is 0 Å². The summed E-state index contributed by atoms with van der Waals surface area (Å²) in [5.41, 5.74) is -0.413. The van der Waals surface area contributed by atoms with E-state index < -0.39 is 0 Å². The highest BCUT2D eigenvalue weighted by atomic mass is 16.7. The molecule has 1 heterocycles. The summed E-state index contributed by atoms with van der Waals surface area (Å²) in [6.07, 6.45) is 8.66. The molecule has 0 bridgehead atoms. The summed E-state index contributed by atoms with van der Waals surface area (Å²) in [6, 6.07) is 0. The SMILES string of the molecule is C.CCCCC(CC)(CO)COCC(C)(C)CO.CCCCC1(CC)COC(C(C)(C)CO)OC1.[HH]. The summed E-state index contributed by atoms with van der Waals surface area (Å²) in [5.74, 6) is 0. The third kappa shape index (κ3) is 13.2. The maximum absolute atomic E-state index is 9.56. The van der Waals surface area contributed by atoms with Crippen molar-refractivity contribution in [3.63, 3.8) is 0 Å². The van der Waals surface area contributed by atoms with Gasteiger partial charge in [-0.1, -0.05) is 88.5 Å². The molecule has 3 N–H and O–H groups in total. The molecule has 0 amide bonds. The molecule has 0 spiro atoms. The Hall–Kier alpha value is -0.240. The number of aliphatic hydroxyl groups excluding tert-OH is 3. The van der Waals surface area contributed by atoms with Gasteiger partial charge in [0.1, 0.15) is 0 Å². The van der Waals surface area contributed by atoms with Crippen molar-refractivity contribution in [2.24, 2.45) is 21.7 Å².